The second kappa shape index (κ2) is 5.73. The average molecular weight is 287 g/mol. The Morgan fingerprint density at radius 3 is 2.58 bits per heavy atom. The SMILES string of the molecule is CC(C)OC(=O)c1cccc(F)c1S(=O)(=O)N=C=O. The number of nitrogens with zero attached hydrogens (tertiary/aromatic N) is 1. The summed E-state index contributed by atoms with van der Waals surface area (Å²) >= 11 is 0. The van der Waals surface area contributed by atoms with E-state index in [1.165, 1.54) is 0 Å². The molecule has 0 fully saturated rings. The van der Waals surface area contributed by atoms with Gasteiger partial charge in [0, 0.05) is 0 Å². The Morgan fingerprint density at radius 1 is 1.42 bits per heavy atom. The van der Waals surface area contributed by atoms with Gasteiger partial charge in [0.05, 0.1) is 11.7 Å². The third-order valence-corrected chi connectivity index (χ3v) is 3.19. The molecule has 0 atom stereocenters. The highest BCUT2D eigenvalue weighted by atomic mass is 32.2. The molecule has 0 spiro atoms. The second-order valence-corrected chi connectivity index (χ2v) is 5.27. The summed E-state index contributed by atoms with van der Waals surface area (Å²) in [4.78, 5) is 20.7. The summed E-state index contributed by atoms with van der Waals surface area (Å²) < 4.78 is 44.1. The van der Waals surface area contributed by atoms with Crippen LogP contribution in [-0.2, 0) is 19.6 Å². The number of rotatable bonds is 4. The van der Waals surface area contributed by atoms with Crippen LogP contribution in [0, 0.1) is 5.82 Å². The first kappa shape index (κ1) is 15.0. The molecule has 0 radical (unpaired) electrons. The van der Waals surface area contributed by atoms with Gasteiger partial charge in [0.15, 0.2) is 0 Å². The first-order chi connectivity index (χ1) is 8.79. The van der Waals surface area contributed by atoms with E-state index in [1.54, 1.807) is 13.8 Å². The van der Waals surface area contributed by atoms with Crippen molar-refractivity contribution in [3.63, 3.8) is 0 Å². The largest absolute Gasteiger partial charge is 0.459 e. The van der Waals surface area contributed by atoms with Gasteiger partial charge in [0.2, 0.25) is 0 Å². The molecule has 1 aromatic carbocycles. The van der Waals surface area contributed by atoms with Crippen molar-refractivity contribution in [2.45, 2.75) is 24.8 Å². The molecule has 8 heteroatoms. The van der Waals surface area contributed by atoms with E-state index in [9.17, 15) is 22.4 Å². The number of sulfonamides is 1. The van der Waals surface area contributed by atoms with Crippen molar-refractivity contribution < 1.29 is 27.1 Å². The van der Waals surface area contributed by atoms with Crippen LogP contribution in [-0.4, -0.2) is 26.6 Å². The molecular weight excluding hydrogens is 277 g/mol. The molecule has 0 saturated carbocycles. The Kier molecular flexibility index (Phi) is 4.52. The highest BCUT2D eigenvalue weighted by Gasteiger charge is 2.27. The van der Waals surface area contributed by atoms with E-state index in [-0.39, 0.29) is 0 Å². The Labute approximate surface area is 109 Å². The van der Waals surface area contributed by atoms with Crippen LogP contribution < -0.4 is 0 Å². The molecule has 19 heavy (non-hydrogen) atoms. The molecule has 0 aliphatic rings. The van der Waals surface area contributed by atoms with E-state index in [2.05, 4.69) is 4.40 Å². The van der Waals surface area contributed by atoms with Crippen molar-refractivity contribution in [2.75, 3.05) is 0 Å². The molecule has 0 N–H and O–H groups in total. The number of carbonyl (C=O) groups is 1. The zero-order chi connectivity index (χ0) is 14.6. The minimum absolute atomic E-state index is 0.513. The molecule has 0 aliphatic carbocycles. The first-order valence-electron chi connectivity index (χ1n) is 5.13. The lowest BCUT2D eigenvalue weighted by atomic mass is 10.2. The van der Waals surface area contributed by atoms with Crippen LogP contribution in [0.2, 0.25) is 0 Å². The van der Waals surface area contributed by atoms with Crippen molar-refractivity contribution in [3.05, 3.63) is 29.6 Å². The minimum atomic E-state index is -4.63. The minimum Gasteiger partial charge on any atom is -0.459 e. The van der Waals surface area contributed by atoms with Gasteiger partial charge in [-0.3, -0.25) is 0 Å². The maximum absolute atomic E-state index is 13.6. The maximum atomic E-state index is 13.6. The van der Waals surface area contributed by atoms with Crippen molar-refractivity contribution in [3.8, 4) is 0 Å². The van der Waals surface area contributed by atoms with E-state index in [4.69, 9.17) is 4.74 Å². The van der Waals surface area contributed by atoms with E-state index in [1.807, 2.05) is 0 Å². The Morgan fingerprint density at radius 2 is 2.05 bits per heavy atom. The summed E-state index contributed by atoms with van der Waals surface area (Å²) in [6, 6.07) is 3.05. The van der Waals surface area contributed by atoms with Crippen molar-refractivity contribution in [1.82, 2.24) is 0 Å². The molecule has 0 aromatic heterocycles. The summed E-state index contributed by atoms with van der Waals surface area (Å²) in [5, 5.41) is 0. The van der Waals surface area contributed by atoms with E-state index in [0.29, 0.717) is 0 Å². The van der Waals surface area contributed by atoms with Gasteiger partial charge < -0.3 is 4.74 Å². The predicted molar refractivity (Wildman–Crippen MR) is 62.3 cm³/mol. The van der Waals surface area contributed by atoms with Gasteiger partial charge in [-0.25, -0.2) is 14.0 Å². The molecule has 0 bridgehead atoms. The number of hydrogen-bond acceptors (Lipinski definition) is 5. The van der Waals surface area contributed by atoms with Crippen LogP contribution in [0.15, 0.2) is 27.5 Å². The number of esters is 1. The van der Waals surface area contributed by atoms with Crippen LogP contribution in [0.5, 0.6) is 0 Å². The molecule has 102 valence electrons. The number of benzene rings is 1. The summed E-state index contributed by atoms with van der Waals surface area (Å²) in [7, 11) is -4.63. The zero-order valence-electron chi connectivity index (χ0n) is 10.1. The maximum Gasteiger partial charge on any atom is 0.339 e. The Bertz CT molecular complexity index is 647. The molecule has 0 saturated heterocycles. The lowest BCUT2D eigenvalue weighted by Crippen LogP contribution is -2.16. The van der Waals surface area contributed by atoms with Crippen LogP contribution in [0.1, 0.15) is 24.2 Å². The van der Waals surface area contributed by atoms with Gasteiger partial charge in [-0.15, -0.1) is 0 Å². The standard InChI is InChI=1S/C11H10FNO5S/c1-7(2)18-11(15)8-4-3-5-9(12)10(8)19(16,17)13-6-14/h3-5,7H,1-2H3. The molecule has 0 unspecified atom stereocenters. The molecule has 0 heterocycles. The normalized spacial score (nSPS) is 10.9. The van der Waals surface area contributed by atoms with Gasteiger partial charge in [-0.2, -0.15) is 8.42 Å². The van der Waals surface area contributed by atoms with E-state index < -0.39 is 38.4 Å². The molecule has 1 aromatic rings. The van der Waals surface area contributed by atoms with Crippen LogP contribution in [0.3, 0.4) is 0 Å². The fourth-order valence-corrected chi connectivity index (χ4v) is 2.24. The average Bonchev–Trinajstić information content (AvgIpc) is 2.27. The third-order valence-electron chi connectivity index (χ3n) is 1.95. The lowest BCUT2D eigenvalue weighted by molar-refractivity contribution is 0.0372. The Hall–Kier alpha value is -2.05. The van der Waals surface area contributed by atoms with Crippen molar-refractivity contribution >= 4 is 22.1 Å². The van der Waals surface area contributed by atoms with Gasteiger partial charge in [-0.05, 0) is 26.0 Å². The number of ether oxygens (including phenoxy) is 1. The van der Waals surface area contributed by atoms with Gasteiger partial charge >= 0.3 is 5.97 Å². The van der Waals surface area contributed by atoms with Gasteiger partial charge in [0.25, 0.3) is 16.1 Å². The van der Waals surface area contributed by atoms with Crippen LogP contribution in [0.25, 0.3) is 0 Å². The Balaban J connectivity index is 3.48. The van der Waals surface area contributed by atoms with Crippen molar-refractivity contribution in [1.29, 1.82) is 0 Å². The summed E-state index contributed by atoms with van der Waals surface area (Å²) in [5.74, 6) is -2.22. The van der Waals surface area contributed by atoms with Crippen LogP contribution in [0.4, 0.5) is 4.39 Å². The molecule has 1 rings (SSSR count). The van der Waals surface area contributed by atoms with Crippen molar-refractivity contribution in [2.24, 2.45) is 4.40 Å². The summed E-state index contributed by atoms with van der Waals surface area (Å²) in [6.45, 7) is 3.10. The lowest BCUT2D eigenvalue weighted by Gasteiger charge is -2.10. The van der Waals surface area contributed by atoms with E-state index in [0.717, 1.165) is 24.3 Å². The predicted octanol–water partition coefficient (Wildman–Crippen LogP) is 1.42. The first-order valence-corrected chi connectivity index (χ1v) is 6.57. The number of halogens is 1. The van der Waals surface area contributed by atoms with Gasteiger partial charge in [-0.1, -0.05) is 10.5 Å². The van der Waals surface area contributed by atoms with Crippen LogP contribution >= 0.6 is 0 Å². The number of carbonyl (C=O) groups excluding carboxylic acids is 2. The summed E-state index contributed by atoms with van der Waals surface area (Å²) in [5.41, 5.74) is -0.521. The molecule has 0 aliphatic heterocycles. The summed E-state index contributed by atoms with van der Waals surface area (Å²) in [6.07, 6.45) is 0.296. The number of hydrogen-bond donors (Lipinski definition) is 0. The highest BCUT2D eigenvalue weighted by molar-refractivity contribution is 7.90. The fourth-order valence-electron chi connectivity index (χ4n) is 1.30. The molecule has 0 amide bonds. The van der Waals surface area contributed by atoms with E-state index >= 15 is 0 Å². The quantitative estimate of drug-likeness (QED) is 0.474. The fraction of sp³-hybridized carbons (Fsp3) is 0.273. The highest BCUT2D eigenvalue weighted by Crippen LogP contribution is 2.22. The molecule has 6 nitrogen and oxygen atoms in total. The third kappa shape index (κ3) is 3.46. The zero-order valence-corrected chi connectivity index (χ0v) is 10.9. The molecular formula is C11H10FNO5S. The number of isocyanates is 1. The van der Waals surface area contributed by atoms with Gasteiger partial charge in [0.1, 0.15) is 10.7 Å². The second-order valence-electron chi connectivity index (χ2n) is 3.73. The smallest absolute Gasteiger partial charge is 0.339 e. The monoisotopic (exact) mass is 287 g/mol. The topological polar surface area (TPSA) is 89.9 Å².